The molecule has 0 radical (unpaired) electrons. The van der Waals surface area contributed by atoms with Gasteiger partial charge < -0.3 is 10.2 Å². The molecule has 1 unspecified atom stereocenters. The predicted molar refractivity (Wildman–Crippen MR) is 81.2 cm³/mol. The van der Waals surface area contributed by atoms with E-state index in [0.29, 0.717) is 18.5 Å². The van der Waals surface area contributed by atoms with Crippen LogP contribution in [0, 0.1) is 11.3 Å². The van der Waals surface area contributed by atoms with Gasteiger partial charge in [0.15, 0.2) is 0 Å². The third kappa shape index (κ3) is 4.57. The summed E-state index contributed by atoms with van der Waals surface area (Å²) in [6, 6.07) is 11.7. The predicted octanol–water partition coefficient (Wildman–Crippen LogP) is 3.49. The van der Waals surface area contributed by atoms with E-state index >= 15 is 0 Å². The molecule has 1 N–H and O–H groups in total. The highest BCUT2D eigenvalue weighted by Gasteiger charge is 2.11. The second-order valence-corrected chi connectivity index (χ2v) is 5.07. The summed E-state index contributed by atoms with van der Waals surface area (Å²) >= 11 is 0. The van der Waals surface area contributed by atoms with Crippen molar-refractivity contribution >= 4 is 5.69 Å². The Labute approximate surface area is 117 Å². The van der Waals surface area contributed by atoms with Crippen LogP contribution < -0.4 is 10.2 Å². The molecule has 1 atom stereocenters. The van der Waals surface area contributed by atoms with E-state index in [4.69, 9.17) is 5.26 Å². The fourth-order valence-electron chi connectivity index (χ4n) is 2.23. The van der Waals surface area contributed by atoms with Crippen LogP contribution in [0.5, 0.6) is 0 Å². The molecule has 0 saturated heterocycles. The van der Waals surface area contributed by atoms with Crippen molar-refractivity contribution in [1.82, 2.24) is 5.32 Å². The Bertz CT molecular complexity index is 403. The van der Waals surface area contributed by atoms with Crippen LogP contribution in [0.4, 0.5) is 5.69 Å². The van der Waals surface area contributed by atoms with Crippen molar-refractivity contribution < 1.29 is 0 Å². The SMILES string of the molecule is CCNC(C)c1ccc(N(CCC#N)C(C)C)cc1. The zero-order chi connectivity index (χ0) is 14.3. The summed E-state index contributed by atoms with van der Waals surface area (Å²) in [5.41, 5.74) is 2.49. The molecule has 0 aliphatic heterocycles. The van der Waals surface area contributed by atoms with Crippen molar-refractivity contribution in [3.63, 3.8) is 0 Å². The molecule has 3 heteroatoms. The van der Waals surface area contributed by atoms with Crippen molar-refractivity contribution in [3.8, 4) is 6.07 Å². The smallest absolute Gasteiger partial charge is 0.0640 e. The van der Waals surface area contributed by atoms with Crippen LogP contribution in [0.15, 0.2) is 24.3 Å². The minimum atomic E-state index is 0.380. The van der Waals surface area contributed by atoms with Crippen molar-refractivity contribution in [2.75, 3.05) is 18.0 Å². The van der Waals surface area contributed by atoms with Gasteiger partial charge in [0.25, 0.3) is 0 Å². The Morgan fingerprint density at radius 2 is 1.84 bits per heavy atom. The third-order valence-corrected chi connectivity index (χ3v) is 3.32. The van der Waals surface area contributed by atoms with Crippen molar-refractivity contribution in [1.29, 1.82) is 5.26 Å². The Kier molecular flexibility index (Phi) is 6.38. The molecular formula is C16H25N3. The highest BCUT2D eigenvalue weighted by atomic mass is 15.1. The highest BCUT2D eigenvalue weighted by Crippen LogP contribution is 2.21. The topological polar surface area (TPSA) is 39.1 Å². The molecule has 1 rings (SSSR count). The molecule has 1 aromatic carbocycles. The zero-order valence-electron chi connectivity index (χ0n) is 12.5. The zero-order valence-corrected chi connectivity index (χ0v) is 12.5. The lowest BCUT2D eigenvalue weighted by Crippen LogP contribution is -2.31. The van der Waals surface area contributed by atoms with Crippen molar-refractivity contribution in [2.24, 2.45) is 0 Å². The molecule has 0 aliphatic rings. The molecule has 0 bridgehead atoms. The van der Waals surface area contributed by atoms with Crippen LogP contribution in [0.3, 0.4) is 0 Å². The third-order valence-electron chi connectivity index (χ3n) is 3.32. The highest BCUT2D eigenvalue weighted by molar-refractivity contribution is 5.48. The van der Waals surface area contributed by atoms with Crippen LogP contribution in [-0.2, 0) is 0 Å². The molecule has 0 amide bonds. The molecule has 0 spiro atoms. The summed E-state index contributed by atoms with van der Waals surface area (Å²) < 4.78 is 0. The fraction of sp³-hybridized carbons (Fsp3) is 0.562. The normalized spacial score (nSPS) is 12.2. The molecule has 0 heterocycles. The Hall–Kier alpha value is -1.53. The van der Waals surface area contributed by atoms with Gasteiger partial charge in [-0.05, 0) is 45.0 Å². The summed E-state index contributed by atoms with van der Waals surface area (Å²) in [6.07, 6.45) is 0.563. The summed E-state index contributed by atoms with van der Waals surface area (Å²) in [6.45, 7) is 10.4. The fourth-order valence-corrected chi connectivity index (χ4v) is 2.23. The van der Waals surface area contributed by atoms with Gasteiger partial charge in [0, 0.05) is 24.3 Å². The summed E-state index contributed by atoms with van der Waals surface area (Å²) in [7, 11) is 0. The summed E-state index contributed by atoms with van der Waals surface area (Å²) in [4.78, 5) is 2.27. The van der Waals surface area contributed by atoms with E-state index < -0.39 is 0 Å². The molecule has 0 saturated carbocycles. The number of rotatable bonds is 7. The molecule has 0 fully saturated rings. The number of benzene rings is 1. The average Bonchev–Trinajstić information content (AvgIpc) is 2.40. The van der Waals surface area contributed by atoms with E-state index in [2.05, 4.69) is 68.2 Å². The van der Waals surface area contributed by atoms with E-state index in [1.54, 1.807) is 0 Å². The van der Waals surface area contributed by atoms with Crippen LogP contribution in [-0.4, -0.2) is 19.1 Å². The molecule has 0 aromatic heterocycles. The first-order chi connectivity index (χ1) is 9.10. The van der Waals surface area contributed by atoms with E-state index in [-0.39, 0.29) is 0 Å². The van der Waals surface area contributed by atoms with Crippen LogP contribution >= 0.6 is 0 Å². The lowest BCUT2D eigenvalue weighted by atomic mass is 10.1. The van der Waals surface area contributed by atoms with Gasteiger partial charge in [-0.1, -0.05) is 19.1 Å². The maximum absolute atomic E-state index is 8.73. The molecule has 3 nitrogen and oxygen atoms in total. The second-order valence-electron chi connectivity index (χ2n) is 5.07. The van der Waals surface area contributed by atoms with Gasteiger partial charge in [-0.3, -0.25) is 0 Å². The van der Waals surface area contributed by atoms with Crippen molar-refractivity contribution in [3.05, 3.63) is 29.8 Å². The Morgan fingerprint density at radius 1 is 1.21 bits per heavy atom. The van der Waals surface area contributed by atoms with E-state index in [1.807, 2.05) is 0 Å². The van der Waals surface area contributed by atoms with Gasteiger partial charge in [-0.15, -0.1) is 0 Å². The monoisotopic (exact) mass is 259 g/mol. The lowest BCUT2D eigenvalue weighted by Gasteiger charge is -2.28. The largest absolute Gasteiger partial charge is 0.368 e. The Morgan fingerprint density at radius 3 is 2.32 bits per heavy atom. The van der Waals surface area contributed by atoms with E-state index in [1.165, 1.54) is 11.3 Å². The van der Waals surface area contributed by atoms with Gasteiger partial charge in [0.2, 0.25) is 0 Å². The maximum Gasteiger partial charge on any atom is 0.0640 e. The first-order valence-electron chi connectivity index (χ1n) is 7.07. The molecular weight excluding hydrogens is 234 g/mol. The van der Waals surface area contributed by atoms with Gasteiger partial charge in [-0.2, -0.15) is 5.26 Å². The average molecular weight is 259 g/mol. The maximum atomic E-state index is 8.73. The minimum absolute atomic E-state index is 0.380. The van der Waals surface area contributed by atoms with Gasteiger partial charge >= 0.3 is 0 Å². The number of nitriles is 1. The van der Waals surface area contributed by atoms with Crippen LogP contribution in [0.25, 0.3) is 0 Å². The number of nitrogens with one attached hydrogen (secondary N) is 1. The number of anilines is 1. The first-order valence-corrected chi connectivity index (χ1v) is 7.07. The standard InChI is InChI=1S/C16H25N3/c1-5-18-14(4)15-7-9-16(10-8-15)19(13(2)3)12-6-11-17/h7-10,13-14,18H,5-6,12H2,1-4H3. The van der Waals surface area contributed by atoms with E-state index in [9.17, 15) is 0 Å². The van der Waals surface area contributed by atoms with Crippen LogP contribution in [0.2, 0.25) is 0 Å². The quantitative estimate of drug-likeness (QED) is 0.814. The number of nitrogens with zero attached hydrogens (tertiary/aromatic N) is 2. The van der Waals surface area contributed by atoms with Crippen molar-refractivity contribution in [2.45, 2.75) is 46.2 Å². The van der Waals surface area contributed by atoms with Gasteiger partial charge in [0.05, 0.1) is 12.5 Å². The first kappa shape index (κ1) is 15.5. The van der Waals surface area contributed by atoms with Gasteiger partial charge in [-0.25, -0.2) is 0 Å². The number of hydrogen-bond donors (Lipinski definition) is 1. The van der Waals surface area contributed by atoms with Crippen LogP contribution in [0.1, 0.15) is 45.7 Å². The lowest BCUT2D eigenvalue weighted by molar-refractivity contribution is 0.598. The second kappa shape index (κ2) is 7.81. The minimum Gasteiger partial charge on any atom is -0.368 e. The van der Waals surface area contributed by atoms with E-state index in [0.717, 1.165) is 13.1 Å². The Balaban J connectivity index is 2.80. The van der Waals surface area contributed by atoms with Gasteiger partial charge in [0.1, 0.15) is 0 Å². The molecule has 1 aromatic rings. The summed E-state index contributed by atoms with van der Waals surface area (Å²) in [5, 5.41) is 12.1. The number of hydrogen-bond acceptors (Lipinski definition) is 3. The molecule has 104 valence electrons. The molecule has 0 aliphatic carbocycles. The summed E-state index contributed by atoms with van der Waals surface area (Å²) in [5.74, 6) is 0. The molecule has 19 heavy (non-hydrogen) atoms.